The van der Waals surface area contributed by atoms with Gasteiger partial charge >= 0.3 is 6.09 Å². The Morgan fingerprint density at radius 3 is 2.57 bits per heavy atom. The standard InChI is InChI=1S/C20H23N5O3/c1-2-28-20(27)24-13-11-23(12-14-24)18(26)16-7-9-21-19(22-16)25-10-8-15-5-3-4-6-17(15)25/h3-7,9H,2,8,10-14H2,1H3. The molecule has 1 aromatic heterocycles. The number of aromatic nitrogens is 2. The van der Waals surface area contributed by atoms with Crippen LogP contribution in [0.25, 0.3) is 0 Å². The molecule has 2 aromatic rings. The summed E-state index contributed by atoms with van der Waals surface area (Å²) in [6.07, 6.45) is 2.24. The van der Waals surface area contributed by atoms with Crippen molar-refractivity contribution in [3.05, 3.63) is 47.8 Å². The summed E-state index contributed by atoms with van der Waals surface area (Å²) in [6, 6.07) is 9.82. The highest BCUT2D eigenvalue weighted by atomic mass is 16.6. The molecule has 2 aliphatic heterocycles. The Hall–Kier alpha value is -3.16. The number of nitrogens with zero attached hydrogens (tertiary/aromatic N) is 5. The smallest absolute Gasteiger partial charge is 0.409 e. The van der Waals surface area contributed by atoms with Crippen LogP contribution in [0.2, 0.25) is 0 Å². The van der Waals surface area contributed by atoms with Gasteiger partial charge in [0.25, 0.3) is 5.91 Å². The fourth-order valence-corrected chi connectivity index (χ4v) is 3.61. The van der Waals surface area contributed by atoms with Crippen LogP contribution in [-0.2, 0) is 11.2 Å². The van der Waals surface area contributed by atoms with Crippen molar-refractivity contribution in [2.75, 3.05) is 44.2 Å². The van der Waals surface area contributed by atoms with Crippen molar-refractivity contribution >= 4 is 23.6 Å². The molecule has 0 atom stereocenters. The number of anilines is 2. The summed E-state index contributed by atoms with van der Waals surface area (Å²) in [4.78, 5) is 39.0. The number of carbonyl (C=O) groups is 2. The number of fused-ring (bicyclic) bond motifs is 1. The van der Waals surface area contributed by atoms with Crippen molar-refractivity contribution in [1.82, 2.24) is 19.8 Å². The molecular weight excluding hydrogens is 358 g/mol. The first-order chi connectivity index (χ1) is 13.7. The highest BCUT2D eigenvalue weighted by Crippen LogP contribution is 2.32. The van der Waals surface area contributed by atoms with Crippen molar-refractivity contribution in [3.63, 3.8) is 0 Å². The van der Waals surface area contributed by atoms with Crippen molar-refractivity contribution in [3.8, 4) is 0 Å². The molecule has 0 spiro atoms. The third kappa shape index (κ3) is 3.49. The van der Waals surface area contributed by atoms with E-state index in [1.807, 2.05) is 17.0 Å². The van der Waals surface area contributed by atoms with Crippen LogP contribution in [0.4, 0.5) is 16.4 Å². The molecule has 0 unspecified atom stereocenters. The second-order valence-corrected chi connectivity index (χ2v) is 6.75. The quantitative estimate of drug-likeness (QED) is 0.810. The van der Waals surface area contributed by atoms with Gasteiger partial charge in [0.2, 0.25) is 5.95 Å². The molecule has 2 aliphatic rings. The number of hydrogen-bond donors (Lipinski definition) is 0. The lowest BCUT2D eigenvalue weighted by Crippen LogP contribution is -2.50. The van der Waals surface area contributed by atoms with E-state index in [0.717, 1.165) is 18.7 Å². The first-order valence-corrected chi connectivity index (χ1v) is 9.57. The Labute approximate surface area is 163 Å². The van der Waals surface area contributed by atoms with E-state index in [0.29, 0.717) is 44.4 Å². The van der Waals surface area contributed by atoms with Gasteiger partial charge in [-0.2, -0.15) is 0 Å². The Balaban J connectivity index is 1.45. The fraction of sp³-hybridized carbons (Fsp3) is 0.400. The number of piperazine rings is 1. The topological polar surface area (TPSA) is 78.9 Å². The minimum Gasteiger partial charge on any atom is -0.450 e. The molecule has 146 valence electrons. The molecule has 1 saturated heterocycles. The maximum absolute atomic E-state index is 12.9. The SMILES string of the molecule is CCOC(=O)N1CCN(C(=O)c2ccnc(N3CCc4ccccc43)n2)CC1. The second-order valence-electron chi connectivity index (χ2n) is 6.75. The predicted octanol–water partition coefficient (Wildman–Crippen LogP) is 2.09. The van der Waals surface area contributed by atoms with Gasteiger partial charge in [0, 0.05) is 44.6 Å². The maximum Gasteiger partial charge on any atom is 0.409 e. The zero-order valence-electron chi connectivity index (χ0n) is 15.9. The number of amides is 2. The monoisotopic (exact) mass is 381 g/mol. The minimum absolute atomic E-state index is 0.139. The van der Waals surface area contributed by atoms with Crippen LogP contribution in [0.3, 0.4) is 0 Å². The Bertz CT molecular complexity index is 880. The lowest BCUT2D eigenvalue weighted by Gasteiger charge is -2.33. The molecule has 1 fully saturated rings. The Kier molecular flexibility index (Phi) is 5.10. The zero-order valence-corrected chi connectivity index (χ0v) is 15.9. The lowest BCUT2D eigenvalue weighted by atomic mass is 10.2. The van der Waals surface area contributed by atoms with Crippen LogP contribution in [0.1, 0.15) is 23.0 Å². The first kappa shape index (κ1) is 18.2. The molecule has 3 heterocycles. The number of carbonyl (C=O) groups excluding carboxylic acids is 2. The highest BCUT2D eigenvalue weighted by Gasteiger charge is 2.27. The molecule has 4 rings (SSSR count). The molecule has 0 N–H and O–H groups in total. The molecule has 8 nitrogen and oxygen atoms in total. The summed E-state index contributed by atoms with van der Waals surface area (Å²) in [5.41, 5.74) is 2.73. The van der Waals surface area contributed by atoms with E-state index >= 15 is 0 Å². The summed E-state index contributed by atoms with van der Waals surface area (Å²) >= 11 is 0. The van der Waals surface area contributed by atoms with Crippen LogP contribution in [0.5, 0.6) is 0 Å². The van der Waals surface area contributed by atoms with Gasteiger partial charge in [-0.1, -0.05) is 18.2 Å². The third-order valence-electron chi connectivity index (χ3n) is 5.08. The molecule has 0 saturated carbocycles. The van der Waals surface area contributed by atoms with Gasteiger partial charge in [0.05, 0.1) is 6.61 Å². The van der Waals surface area contributed by atoms with Gasteiger partial charge in [-0.05, 0) is 31.0 Å². The molecule has 0 aliphatic carbocycles. The van der Waals surface area contributed by atoms with Gasteiger partial charge in [0.15, 0.2) is 0 Å². The lowest BCUT2D eigenvalue weighted by molar-refractivity contribution is 0.0566. The molecule has 2 amide bonds. The summed E-state index contributed by atoms with van der Waals surface area (Å²) < 4.78 is 5.02. The van der Waals surface area contributed by atoms with Crippen LogP contribution in [0.15, 0.2) is 36.5 Å². The average Bonchev–Trinajstić information content (AvgIpc) is 3.18. The van der Waals surface area contributed by atoms with E-state index in [1.165, 1.54) is 5.56 Å². The number of hydrogen-bond acceptors (Lipinski definition) is 6. The zero-order chi connectivity index (χ0) is 19.5. The minimum atomic E-state index is -0.327. The summed E-state index contributed by atoms with van der Waals surface area (Å²) in [5, 5.41) is 0. The van der Waals surface area contributed by atoms with Gasteiger partial charge < -0.3 is 19.4 Å². The van der Waals surface area contributed by atoms with Crippen LogP contribution < -0.4 is 4.90 Å². The summed E-state index contributed by atoms with van der Waals surface area (Å²) in [5.74, 6) is 0.403. The van der Waals surface area contributed by atoms with E-state index in [1.54, 1.807) is 29.0 Å². The maximum atomic E-state index is 12.9. The molecule has 0 radical (unpaired) electrons. The number of rotatable bonds is 3. The van der Waals surface area contributed by atoms with Gasteiger partial charge in [-0.3, -0.25) is 4.79 Å². The fourth-order valence-electron chi connectivity index (χ4n) is 3.61. The normalized spacial score (nSPS) is 16.1. The van der Waals surface area contributed by atoms with Crippen molar-refractivity contribution in [2.45, 2.75) is 13.3 Å². The van der Waals surface area contributed by atoms with Gasteiger partial charge in [0.1, 0.15) is 5.69 Å². The molecule has 0 bridgehead atoms. The van der Waals surface area contributed by atoms with E-state index in [9.17, 15) is 9.59 Å². The van der Waals surface area contributed by atoms with E-state index in [-0.39, 0.29) is 12.0 Å². The van der Waals surface area contributed by atoms with Crippen molar-refractivity contribution in [1.29, 1.82) is 0 Å². The molecule has 28 heavy (non-hydrogen) atoms. The summed E-state index contributed by atoms with van der Waals surface area (Å²) in [7, 11) is 0. The molecule has 8 heteroatoms. The second kappa shape index (κ2) is 7.84. The molecule has 1 aromatic carbocycles. The first-order valence-electron chi connectivity index (χ1n) is 9.57. The van der Waals surface area contributed by atoms with Crippen molar-refractivity contribution < 1.29 is 14.3 Å². The highest BCUT2D eigenvalue weighted by molar-refractivity contribution is 5.92. The summed E-state index contributed by atoms with van der Waals surface area (Å²) in [6.45, 7) is 4.77. The number of benzene rings is 1. The molecular formula is C20H23N5O3. The Morgan fingerprint density at radius 1 is 1.04 bits per heavy atom. The predicted molar refractivity (Wildman–Crippen MR) is 104 cm³/mol. The van der Waals surface area contributed by atoms with Crippen LogP contribution >= 0.6 is 0 Å². The van der Waals surface area contributed by atoms with Crippen LogP contribution in [-0.4, -0.2) is 71.1 Å². The third-order valence-corrected chi connectivity index (χ3v) is 5.08. The van der Waals surface area contributed by atoms with Crippen LogP contribution in [0, 0.1) is 0 Å². The van der Waals surface area contributed by atoms with Gasteiger partial charge in [-0.25, -0.2) is 14.8 Å². The van der Waals surface area contributed by atoms with E-state index < -0.39 is 0 Å². The van der Waals surface area contributed by atoms with Crippen molar-refractivity contribution in [2.24, 2.45) is 0 Å². The largest absolute Gasteiger partial charge is 0.450 e. The van der Waals surface area contributed by atoms with E-state index in [2.05, 4.69) is 22.1 Å². The number of ether oxygens (including phenoxy) is 1. The number of para-hydroxylation sites is 1. The van der Waals surface area contributed by atoms with Gasteiger partial charge in [-0.15, -0.1) is 0 Å². The van der Waals surface area contributed by atoms with E-state index in [4.69, 9.17) is 4.74 Å². The Morgan fingerprint density at radius 2 is 1.79 bits per heavy atom. The average molecular weight is 381 g/mol.